The molecule has 7 heteroatoms. The molecule has 0 saturated heterocycles. The number of halogens is 2. The lowest BCUT2D eigenvalue weighted by Crippen LogP contribution is -2.42. The topological polar surface area (TPSA) is 49.3 Å². The first-order valence-corrected chi connectivity index (χ1v) is 8.16. The summed E-state index contributed by atoms with van der Waals surface area (Å²) in [7, 11) is 0. The Morgan fingerprint density at radius 3 is 2.70 bits per heavy atom. The summed E-state index contributed by atoms with van der Waals surface area (Å²) in [6.07, 6.45) is 1.85. The third kappa shape index (κ3) is 5.68. The minimum Gasteiger partial charge on any atom is -0.387 e. The molecule has 0 unspecified atom stereocenters. The highest BCUT2D eigenvalue weighted by Gasteiger charge is 2.22. The Labute approximate surface area is 125 Å². The summed E-state index contributed by atoms with van der Waals surface area (Å²) in [6.45, 7) is 1.68. The molecule has 1 amide bonds. The van der Waals surface area contributed by atoms with Crippen molar-refractivity contribution < 1.29 is 18.7 Å². The molecule has 0 heterocycles. The maximum Gasteiger partial charge on any atom is 0.288 e. The average molecular weight is 321 g/mol. The number of aliphatic hydroxyl groups is 1. The van der Waals surface area contributed by atoms with E-state index in [1.165, 1.54) is 23.9 Å². The first-order chi connectivity index (χ1) is 9.35. The van der Waals surface area contributed by atoms with E-state index < -0.39 is 17.3 Å². The van der Waals surface area contributed by atoms with E-state index in [4.69, 9.17) is 0 Å². The molecule has 20 heavy (non-hydrogen) atoms. The van der Waals surface area contributed by atoms with Gasteiger partial charge >= 0.3 is 0 Å². The highest BCUT2D eigenvalue weighted by atomic mass is 32.2. The van der Waals surface area contributed by atoms with Gasteiger partial charge in [-0.15, -0.1) is 0 Å². The van der Waals surface area contributed by atoms with Crippen LogP contribution in [0.2, 0.25) is 0 Å². The number of benzene rings is 1. The predicted octanol–water partition coefficient (Wildman–Crippen LogP) is 2.85. The summed E-state index contributed by atoms with van der Waals surface area (Å²) in [5, 5.41) is 12.5. The van der Waals surface area contributed by atoms with E-state index in [1.807, 2.05) is 6.26 Å². The van der Waals surface area contributed by atoms with Gasteiger partial charge in [0.2, 0.25) is 0 Å². The Morgan fingerprint density at radius 1 is 1.45 bits per heavy atom. The normalized spacial score (nSPS) is 14.1. The number of hydrogen-bond acceptors (Lipinski definition) is 4. The number of amides is 1. The van der Waals surface area contributed by atoms with E-state index in [0.717, 1.165) is 0 Å². The van der Waals surface area contributed by atoms with Crippen molar-refractivity contribution in [1.82, 2.24) is 5.32 Å². The molecule has 0 spiro atoms. The number of alkyl halides is 2. The molecule has 1 atom stereocenters. The molecule has 2 N–H and O–H groups in total. The Hall–Kier alpha value is -0.790. The number of thioether (sulfide) groups is 2. The van der Waals surface area contributed by atoms with Crippen molar-refractivity contribution in [2.45, 2.75) is 23.2 Å². The molecule has 1 aromatic carbocycles. The molecule has 0 radical (unpaired) electrons. The lowest BCUT2D eigenvalue weighted by Gasteiger charge is -2.22. The second-order valence-corrected chi connectivity index (χ2v) is 6.39. The molecule has 112 valence electrons. The second-order valence-electron chi connectivity index (χ2n) is 4.49. The van der Waals surface area contributed by atoms with Crippen LogP contribution in [0.1, 0.15) is 17.3 Å². The molecule has 0 aliphatic carbocycles. The van der Waals surface area contributed by atoms with Crippen molar-refractivity contribution in [3.63, 3.8) is 0 Å². The minimum atomic E-state index is -2.58. The largest absolute Gasteiger partial charge is 0.387 e. The van der Waals surface area contributed by atoms with Gasteiger partial charge in [0.1, 0.15) is 0 Å². The molecule has 0 aliphatic rings. The van der Waals surface area contributed by atoms with E-state index in [-0.39, 0.29) is 17.0 Å². The smallest absolute Gasteiger partial charge is 0.288 e. The van der Waals surface area contributed by atoms with E-state index in [0.29, 0.717) is 17.5 Å². The molecule has 0 aromatic heterocycles. The molecule has 1 aromatic rings. The SMILES string of the molecule is CSC[C@](C)(O)CNC(=O)c1ccccc1SC(F)F. The van der Waals surface area contributed by atoms with Crippen molar-refractivity contribution in [3.05, 3.63) is 29.8 Å². The summed E-state index contributed by atoms with van der Waals surface area (Å²) in [6, 6.07) is 6.19. The Balaban J connectivity index is 2.73. The lowest BCUT2D eigenvalue weighted by atomic mass is 10.1. The quantitative estimate of drug-likeness (QED) is 0.758. The summed E-state index contributed by atoms with van der Waals surface area (Å²) >= 11 is 1.80. The van der Waals surface area contributed by atoms with E-state index >= 15 is 0 Å². The van der Waals surface area contributed by atoms with Crippen LogP contribution in [0.25, 0.3) is 0 Å². The Morgan fingerprint density at radius 2 is 2.10 bits per heavy atom. The van der Waals surface area contributed by atoms with Gasteiger partial charge in [0.25, 0.3) is 11.7 Å². The molecular formula is C13H17F2NO2S2. The summed E-state index contributed by atoms with van der Waals surface area (Å²) in [5.74, 6) is -2.57. The van der Waals surface area contributed by atoms with Crippen LogP contribution in [0.3, 0.4) is 0 Å². The van der Waals surface area contributed by atoms with Crippen molar-refractivity contribution >= 4 is 29.4 Å². The van der Waals surface area contributed by atoms with Crippen LogP contribution in [0.15, 0.2) is 29.2 Å². The van der Waals surface area contributed by atoms with Gasteiger partial charge in [-0.05, 0) is 25.3 Å². The molecule has 0 fully saturated rings. The summed E-state index contributed by atoms with van der Waals surface area (Å²) < 4.78 is 24.9. The van der Waals surface area contributed by atoms with Crippen molar-refractivity contribution in [2.24, 2.45) is 0 Å². The zero-order chi connectivity index (χ0) is 15.2. The Kier molecular flexibility index (Phi) is 6.78. The van der Waals surface area contributed by atoms with Gasteiger partial charge in [-0.1, -0.05) is 23.9 Å². The fourth-order valence-corrected chi connectivity index (χ4v) is 2.94. The lowest BCUT2D eigenvalue weighted by molar-refractivity contribution is 0.0723. The summed E-state index contributed by atoms with van der Waals surface area (Å²) in [4.78, 5) is 12.2. The third-order valence-electron chi connectivity index (χ3n) is 2.43. The van der Waals surface area contributed by atoms with Crippen LogP contribution in [-0.2, 0) is 0 Å². The maximum atomic E-state index is 12.4. The third-order valence-corrected chi connectivity index (χ3v) is 4.13. The molecule has 0 bridgehead atoms. The van der Waals surface area contributed by atoms with Crippen LogP contribution in [0, 0.1) is 0 Å². The van der Waals surface area contributed by atoms with Crippen LogP contribution < -0.4 is 5.32 Å². The van der Waals surface area contributed by atoms with Crippen LogP contribution in [0.4, 0.5) is 8.78 Å². The standard InChI is InChI=1S/C13H17F2NO2S2/c1-13(18,8-19-2)7-16-11(17)9-5-3-4-6-10(9)20-12(14)15/h3-6,12,18H,7-8H2,1-2H3,(H,16,17)/t13-/m1/s1. The zero-order valence-electron chi connectivity index (χ0n) is 11.2. The van der Waals surface area contributed by atoms with Crippen LogP contribution in [-0.4, -0.2) is 40.9 Å². The minimum absolute atomic E-state index is 0.0698. The molecule has 0 saturated carbocycles. The van der Waals surface area contributed by atoms with Gasteiger partial charge in [0.15, 0.2) is 0 Å². The van der Waals surface area contributed by atoms with Crippen LogP contribution >= 0.6 is 23.5 Å². The number of carbonyl (C=O) groups excluding carboxylic acids is 1. The highest BCUT2D eigenvalue weighted by molar-refractivity contribution is 7.99. The molecule has 3 nitrogen and oxygen atoms in total. The van der Waals surface area contributed by atoms with Gasteiger partial charge in [-0.25, -0.2) is 0 Å². The van der Waals surface area contributed by atoms with Crippen LogP contribution in [0.5, 0.6) is 0 Å². The average Bonchev–Trinajstić information content (AvgIpc) is 2.36. The van der Waals surface area contributed by atoms with Gasteiger partial charge in [-0.2, -0.15) is 20.5 Å². The maximum absolute atomic E-state index is 12.4. The monoisotopic (exact) mass is 321 g/mol. The molecular weight excluding hydrogens is 304 g/mol. The van der Waals surface area contributed by atoms with E-state index in [2.05, 4.69) is 5.32 Å². The van der Waals surface area contributed by atoms with Crippen molar-refractivity contribution in [2.75, 3.05) is 18.6 Å². The summed E-state index contributed by atoms with van der Waals surface area (Å²) in [5.41, 5.74) is -0.836. The molecule has 1 rings (SSSR count). The Bertz CT molecular complexity index is 456. The number of carbonyl (C=O) groups is 1. The zero-order valence-corrected chi connectivity index (χ0v) is 12.9. The van der Waals surface area contributed by atoms with Crippen molar-refractivity contribution in [3.8, 4) is 0 Å². The fraction of sp³-hybridized carbons (Fsp3) is 0.462. The number of hydrogen-bond donors (Lipinski definition) is 2. The number of rotatable bonds is 7. The van der Waals surface area contributed by atoms with Crippen molar-refractivity contribution in [1.29, 1.82) is 0 Å². The number of nitrogens with one attached hydrogen (secondary N) is 1. The first kappa shape index (κ1) is 17.3. The van der Waals surface area contributed by atoms with Gasteiger partial charge in [-0.3, -0.25) is 4.79 Å². The second kappa shape index (κ2) is 7.85. The highest BCUT2D eigenvalue weighted by Crippen LogP contribution is 2.28. The van der Waals surface area contributed by atoms with Gasteiger partial charge in [0, 0.05) is 17.2 Å². The van der Waals surface area contributed by atoms with Gasteiger partial charge in [0.05, 0.1) is 11.2 Å². The van der Waals surface area contributed by atoms with E-state index in [9.17, 15) is 18.7 Å². The van der Waals surface area contributed by atoms with E-state index in [1.54, 1.807) is 19.1 Å². The fourth-order valence-electron chi connectivity index (χ4n) is 1.58. The van der Waals surface area contributed by atoms with Gasteiger partial charge < -0.3 is 10.4 Å². The predicted molar refractivity (Wildman–Crippen MR) is 79.6 cm³/mol. The first-order valence-electron chi connectivity index (χ1n) is 5.89. The molecule has 0 aliphatic heterocycles.